The Morgan fingerprint density at radius 3 is 2.50 bits per heavy atom. The molecule has 3 aromatic carbocycles. The number of benzene rings is 3. The Morgan fingerprint density at radius 2 is 1.80 bits per heavy atom. The third kappa shape index (κ3) is 4.35. The summed E-state index contributed by atoms with van der Waals surface area (Å²) >= 11 is 6.08. The lowest BCUT2D eigenvalue weighted by Crippen LogP contribution is -2.33. The second-order valence-corrected chi connectivity index (χ2v) is 7.88. The van der Waals surface area contributed by atoms with Crippen LogP contribution in [0.1, 0.15) is 47.8 Å². The van der Waals surface area contributed by atoms with E-state index in [0.29, 0.717) is 23.8 Å². The van der Waals surface area contributed by atoms with E-state index in [1.54, 1.807) is 6.07 Å². The Kier molecular flexibility index (Phi) is 6.07. The van der Waals surface area contributed by atoms with Gasteiger partial charge in [-0.05, 0) is 43.2 Å². The summed E-state index contributed by atoms with van der Waals surface area (Å²) in [5.74, 6) is 0.677. The van der Waals surface area contributed by atoms with Crippen LogP contribution >= 0.6 is 11.6 Å². The lowest BCUT2D eigenvalue weighted by Gasteiger charge is -2.31. The summed E-state index contributed by atoms with van der Waals surface area (Å²) in [6.07, 6.45) is 0.420. The van der Waals surface area contributed by atoms with E-state index in [-0.39, 0.29) is 18.0 Å². The number of phenols is 1. The minimum Gasteiger partial charge on any atom is -0.504 e. The highest BCUT2D eigenvalue weighted by molar-refractivity contribution is 6.30. The van der Waals surface area contributed by atoms with E-state index in [1.807, 2.05) is 43.3 Å². The van der Waals surface area contributed by atoms with Gasteiger partial charge in [-0.25, -0.2) is 0 Å². The van der Waals surface area contributed by atoms with Gasteiger partial charge in [0.2, 0.25) is 0 Å². The van der Waals surface area contributed by atoms with Gasteiger partial charge in [0.05, 0.1) is 6.61 Å². The maximum Gasteiger partial charge on any atom is 0.162 e. The van der Waals surface area contributed by atoms with Crippen molar-refractivity contribution < 1.29 is 9.84 Å². The smallest absolute Gasteiger partial charge is 0.162 e. The minimum atomic E-state index is -0.243. The Labute approximate surface area is 182 Å². The minimum absolute atomic E-state index is 0.111. The molecule has 30 heavy (non-hydrogen) atoms. The SMILES string of the molecule is CCOc1cccc([C@@H]2CC(c3ccc(C)cc3)=N[C@@H](c3ccc(Cl)cc3)N2)c1O. The van der Waals surface area contributed by atoms with Crippen molar-refractivity contribution in [1.29, 1.82) is 0 Å². The molecule has 0 amide bonds. The molecule has 0 saturated heterocycles. The van der Waals surface area contributed by atoms with Gasteiger partial charge in [0, 0.05) is 28.8 Å². The second-order valence-electron chi connectivity index (χ2n) is 7.45. The summed E-state index contributed by atoms with van der Waals surface area (Å²) in [5, 5.41) is 15.1. The Balaban J connectivity index is 1.74. The van der Waals surface area contributed by atoms with Crippen LogP contribution in [0.3, 0.4) is 0 Å². The molecule has 0 radical (unpaired) electrons. The van der Waals surface area contributed by atoms with Crippen molar-refractivity contribution in [2.75, 3.05) is 6.61 Å². The van der Waals surface area contributed by atoms with Crippen molar-refractivity contribution in [2.24, 2.45) is 4.99 Å². The Morgan fingerprint density at radius 1 is 1.07 bits per heavy atom. The topological polar surface area (TPSA) is 53.8 Å². The number of phenolic OH excluding ortho intramolecular Hbond substituents is 1. The standard InChI is InChI=1S/C25H25ClN2O2/c1-3-30-23-6-4-5-20(24(23)29)22-15-21(17-9-7-16(2)8-10-17)27-25(28-22)18-11-13-19(26)14-12-18/h4-14,22,25,28-29H,3,15H2,1-2H3/t22-,25+/m0/s1. The molecule has 0 saturated carbocycles. The van der Waals surface area contributed by atoms with Gasteiger partial charge in [0.15, 0.2) is 11.5 Å². The van der Waals surface area contributed by atoms with E-state index in [0.717, 1.165) is 22.4 Å². The van der Waals surface area contributed by atoms with Crippen LogP contribution in [0.25, 0.3) is 0 Å². The molecule has 5 heteroatoms. The number of nitrogens with one attached hydrogen (secondary N) is 1. The fourth-order valence-corrected chi connectivity index (χ4v) is 3.86. The van der Waals surface area contributed by atoms with Gasteiger partial charge in [0.25, 0.3) is 0 Å². The second kappa shape index (κ2) is 8.90. The summed E-state index contributed by atoms with van der Waals surface area (Å²) < 4.78 is 5.59. The summed E-state index contributed by atoms with van der Waals surface area (Å²) in [6.45, 7) is 4.48. The van der Waals surface area contributed by atoms with E-state index in [2.05, 4.69) is 36.5 Å². The van der Waals surface area contributed by atoms with Crippen LogP contribution in [0.15, 0.2) is 71.7 Å². The number of halogens is 1. The van der Waals surface area contributed by atoms with E-state index in [1.165, 1.54) is 5.56 Å². The van der Waals surface area contributed by atoms with Crippen LogP contribution in [0, 0.1) is 6.92 Å². The fraction of sp³-hybridized carbons (Fsp3) is 0.240. The molecule has 0 fully saturated rings. The quantitative estimate of drug-likeness (QED) is 0.534. The van der Waals surface area contributed by atoms with Crippen LogP contribution < -0.4 is 10.1 Å². The molecule has 0 bridgehead atoms. The third-order valence-corrected chi connectivity index (χ3v) is 5.57. The molecule has 0 aromatic heterocycles. The monoisotopic (exact) mass is 420 g/mol. The zero-order valence-electron chi connectivity index (χ0n) is 17.1. The van der Waals surface area contributed by atoms with Gasteiger partial charge in [-0.3, -0.25) is 10.3 Å². The van der Waals surface area contributed by atoms with Crippen LogP contribution in [0.5, 0.6) is 11.5 Å². The third-order valence-electron chi connectivity index (χ3n) is 5.32. The molecular weight excluding hydrogens is 396 g/mol. The van der Waals surface area contributed by atoms with Gasteiger partial charge < -0.3 is 9.84 Å². The molecule has 2 N–H and O–H groups in total. The van der Waals surface area contributed by atoms with Crippen molar-refractivity contribution in [3.8, 4) is 11.5 Å². The van der Waals surface area contributed by atoms with Crippen LogP contribution in [-0.4, -0.2) is 17.4 Å². The van der Waals surface area contributed by atoms with Crippen LogP contribution in [0.2, 0.25) is 5.02 Å². The Hall–Kier alpha value is -2.82. The van der Waals surface area contributed by atoms with E-state index >= 15 is 0 Å². The highest BCUT2D eigenvalue weighted by Crippen LogP contribution is 2.39. The van der Waals surface area contributed by atoms with Crippen molar-refractivity contribution in [3.63, 3.8) is 0 Å². The Bertz CT molecular complexity index is 1050. The first kappa shape index (κ1) is 20.5. The van der Waals surface area contributed by atoms with Gasteiger partial charge in [-0.1, -0.05) is 65.7 Å². The molecule has 1 aliphatic heterocycles. The zero-order chi connectivity index (χ0) is 21.1. The van der Waals surface area contributed by atoms with Crippen LogP contribution in [-0.2, 0) is 0 Å². The number of aromatic hydroxyl groups is 1. The molecule has 2 atom stereocenters. The van der Waals surface area contributed by atoms with Gasteiger partial charge in [-0.2, -0.15) is 0 Å². The molecule has 0 unspecified atom stereocenters. The molecule has 4 rings (SSSR count). The maximum atomic E-state index is 10.8. The number of hydrogen-bond acceptors (Lipinski definition) is 4. The predicted molar refractivity (Wildman–Crippen MR) is 122 cm³/mol. The average Bonchev–Trinajstić information content (AvgIpc) is 2.76. The number of aryl methyl sites for hydroxylation is 1. The van der Waals surface area contributed by atoms with Crippen molar-refractivity contribution >= 4 is 17.3 Å². The summed E-state index contributed by atoms with van der Waals surface area (Å²) in [6, 6.07) is 21.6. The highest BCUT2D eigenvalue weighted by Gasteiger charge is 2.28. The van der Waals surface area contributed by atoms with E-state index in [4.69, 9.17) is 21.3 Å². The molecule has 3 aromatic rings. The lowest BCUT2D eigenvalue weighted by atomic mass is 9.93. The van der Waals surface area contributed by atoms with Gasteiger partial charge in [0.1, 0.15) is 6.17 Å². The maximum absolute atomic E-state index is 10.8. The number of nitrogens with zero attached hydrogens (tertiary/aromatic N) is 1. The summed E-state index contributed by atoms with van der Waals surface area (Å²) in [5.41, 5.74) is 5.13. The van der Waals surface area contributed by atoms with Crippen molar-refractivity contribution in [2.45, 2.75) is 32.5 Å². The number of rotatable bonds is 5. The van der Waals surface area contributed by atoms with E-state index in [9.17, 15) is 5.11 Å². The molecule has 0 spiro atoms. The zero-order valence-corrected chi connectivity index (χ0v) is 17.9. The largest absolute Gasteiger partial charge is 0.504 e. The van der Waals surface area contributed by atoms with Gasteiger partial charge >= 0.3 is 0 Å². The number of aliphatic imine (C=N–C) groups is 1. The summed E-state index contributed by atoms with van der Waals surface area (Å²) in [7, 11) is 0. The first-order valence-corrected chi connectivity index (χ1v) is 10.5. The molecule has 1 heterocycles. The lowest BCUT2D eigenvalue weighted by molar-refractivity contribution is 0.313. The molecule has 154 valence electrons. The van der Waals surface area contributed by atoms with Gasteiger partial charge in [-0.15, -0.1) is 0 Å². The van der Waals surface area contributed by atoms with E-state index < -0.39 is 0 Å². The normalized spacial score (nSPS) is 18.7. The molecule has 1 aliphatic rings. The van der Waals surface area contributed by atoms with Crippen molar-refractivity contribution in [1.82, 2.24) is 5.32 Å². The number of para-hydroxylation sites is 1. The fourth-order valence-electron chi connectivity index (χ4n) is 3.74. The number of hydrogen-bond donors (Lipinski definition) is 2. The average molecular weight is 421 g/mol. The number of ether oxygens (including phenoxy) is 1. The molecule has 0 aliphatic carbocycles. The highest BCUT2D eigenvalue weighted by atomic mass is 35.5. The molecule has 4 nitrogen and oxygen atoms in total. The van der Waals surface area contributed by atoms with Crippen molar-refractivity contribution in [3.05, 3.63) is 94.0 Å². The molecular formula is C25H25ClN2O2. The predicted octanol–water partition coefficient (Wildman–Crippen LogP) is 5.98. The first-order chi connectivity index (χ1) is 14.5. The summed E-state index contributed by atoms with van der Waals surface area (Å²) in [4.78, 5) is 5.00. The first-order valence-electron chi connectivity index (χ1n) is 10.1. The van der Waals surface area contributed by atoms with Crippen LogP contribution in [0.4, 0.5) is 0 Å².